The van der Waals surface area contributed by atoms with E-state index in [-0.39, 0.29) is 18.6 Å². The number of amidine groups is 1. The second-order valence-corrected chi connectivity index (χ2v) is 10.6. The summed E-state index contributed by atoms with van der Waals surface area (Å²) in [6.45, 7) is 16.1. The van der Waals surface area contributed by atoms with Gasteiger partial charge in [0.15, 0.2) is 11.6 Å². The Kier molecular flexibility index (Phi) is 8.43. The van der Waals surface area contributed by atoms with E-state index in [1.807, 2.05) is 17.2 Å². The molecule has 2 aliphatic heterocycles. The number of methoxy groups -OCH3 is 1. The molecule has 0 aromatic heterocycles. The maximum absolute atomic E-state index is 11.5. The van der Waals surface area contributed by atoms with E-state index in [0.29, 0.717) is 5.92 Å². The molecule has 0 aliphatic carbocycles. The van der Waals surface area contributed by atoms with Gasteiger partial charge in [0.1, 0.15) is 11.9 Å². The zero-order chi connectivity index (χ0) is 27.6. The number of nitrogens with zero attached hydrogens (tertiary/aromatic N) is 4. The lowest BCUT2D eigenvalue weighted by Gasteiger charge is -2.46. The van der Waals surface area contributed by atoms with Crippen LogP contribution in [0.1, 0.15) is 55.9 Å². The van der Waals surface area contributed by atoms with Crippen LogP contribution in [0.3, 0.4) is 0 Å². The van der Waals surface area contributed by atoms with Crippen molar-refractivity contribution in [2.24, 2.45) is 10.7 Å². The Bertz CT molecular complexity index is 1240. The van der Waals surface area contributed by atoms with Gasteiger partial charge in [-0.2, -0.15) is 5.06 Å². The molecule has 1 fully saturated rings. The van der Waals surface area contributed by atoms with E-state index in [1.165, 1.54) is 5.56 Å². The van der Waals surface area contributed by atoms with Gasteiger partial charge in [-0.05, 0) is 74.1 Å². The molecule has 4 rings (SSSR count). The zero-order valence-electron chi connectivity index (χ0n) is 23.7. The van der Waals surface area contributed by atoms with Crippen LogP contribution in [0, 0.1) is 13.8 Å². The number of amides is 1. The molecule has 0 bridgehead atoms. The van der Waals surface area contributed by atoms with Crippen molar-refractivity contribution in [2.75, 3.05) is 39.8 Å². The molecule has 2 aromatic carbocycles. The predicted molar refractivity (Wildman–Crippen MR) is 151 cm³/mol. The van der Waals surface area contributed by atoms with Crippen molar-refractivity contribution in [3.8, 4) is 11.5 Å². The number of nitrogens with two attached hydrogens (primary N) is 1. The molecule has 0 saturated carbocycles. The molecule has 2 heterocycles. The van der Waals surface area contributed by atoms with Gasteiger partial charge >= 0.3 is 0 Å². The minimum atomic E-state index is -0.295. The number of piperazine rings is 1. The molecule has 0 radical (unpaired) electrons. The van der Waals surface area contributed by atoms with E-state index in [2.05, 4.69) is 75.6 Å². The fourth-order valence-corrected chi connectivity index (χ4v) is 5.00. The number of primary amides is 1. The summed E-state index contributed by atoms with van der Waals surface area (Å²) in [4.78, 5) is 27.9. The lowest BCUT2D eigenvalue weighted by molar-refractivity contribution is -0.120. The van der Waals surface area contributed by atoms with Crippen LogP contribution in [0.4, 0.5) is 0 Å². The SMILES string of the molecule is COc1ccc(C)c(C2=NC(C)=C(C)C(N3CCN(CC(N)=O)CC3)N2Oc2cc(C(C)C)ccc2C)c1. The molecule has 2 aromatic rings. The van der Waals surface area contributed by atoms with Crippen molar-refractivity contribution < 1.29 is 14.4 Å². The third kappa shape index (κ3) is 5.87. The molecule has 38 heavy (non-hydrogen) atoms. The van der Waals surface area contributed by atoms with E-state index in [4.69, 9.17) is 20.3 Å². The van der Waals surface area contributed by atoms with Crippen LogP contribution in [-0.4, -0.2) is 72.6 Å². The molecule has 0 spiro atoms. The maximum Gasteiger partial charge on any atom is 0.231 e. The first-order valence-corrected chi connectivity index (χ1v) is 13.3. The highest BCUT2D eigenvalue weighted by Gasteiger charge is 2.38. The summed E-state index contributed by atoms with van der Waals surface area (Å²) in [6, 6.07) is 12.5. The molecular weight excluding hydrogens is 478 g/mol. The van der Waals surface area contributed by atoms with Gasteiger partial charge in [0, 0.05) is 37.4 Å². The molecule has 8 nitrogen and oxygen atoms in total. The van der Waals surface area contributed by atoms with E-state index < -0.39 is 0 Å². The number of aliphatic imine (C=N–C) groups is 1. The van der Waals surface area contributed by atoms with Gasteiger partial charge in [-0.15, -0.1) is 0 Å². The number of hydrogen-bond donors (Lipinski definition) is 1. The van der Waals surface area contributed by atoms with Gasteiger partial charge in [0.05, 0.1) is 13.7 Å². The number of aryl methyl sites for hydroxylation is 2. The largest absolute Gasteiger partial charge is 0.497 e. The molecule has 1 saturated heterocycles. The van der Waals surface area contributed by atoms with Crippen molar-refractivity contribution >= 4 is 11.7 Å². The van der Waals surface area contributed by atoms with E-state index in [1.54, 1.807) is 7.11 Å². The monoisotopic (exact) mass is 519 g/mol. The molecule has 1 atom stereocenters. The molecular formula is C30H41N5O3. The molecule has 2 N–H and O–H groups in total. The number of rotatable bonds is 8. The van der Waals surface area contributed by atoms with E-state index >= 15 is 0 Å². The number of hydrogen-bond acceptors (Lipinski definition) is 7. The third-order valence-electron chi connectivity index (χ3n) is 7.56. The van der Waals surface area contributed by atoms with E-state index in [9.17, 15) is 4.79 Å². The van der Waals surface area contributed by atoms with Crippen LogP contribution in [0.15, 0.2) is 52.7 Å². The molecule has 204 valence electrons. The quantitative estimate of drug-likeness (QED) is 0.563. The molecule has 1 unspecified atom stereocenters. The average molecular weight is 520 g/mol. The average Bonchev–Trinajstić information content (AvgIpc) is 2.88. The second-order valence-electron chi connectivity index (χ2n) is 10.6. The minimum absolute atomic E-state index is 0.161. The fraction of sp³-hybridized carbons (Fsp3) is 0.467. The lowest BCUT2D eigenvalue weighted by atomic mass is 10.0. The summed E-state index contributed by atoms with van der Waals surface area (Å²) in [5.41, 5.74) is 11.9. The first-order valence-electron chi connectivity index (χ1n) is 13.3. The Morgan fingerprint density at radius 2 is 1.71 bits per heavy atom. The number of carbonyl (C=O) groups excluding carboxylic acids is 1. The highest BCUT2D eigenvalue weighted by molar-refractivity contribution is 6.01. The minimum Gasteiger partial charge on any atom is -0.497 e. The van der Waals surface area contributed by atoms with Crippen molar-refractivity contribution in [1.29, 1.82) is 0 Å². The summed E-state index contributed by atoms with van der Waals surface area (Å²) in [5.74, 6) is 2.42. The molecule has 8 heteroatoms. The summed E-state index contributed by atoms with van der Waals surface area (Å²) < 4.78 is 5.57. The van der Waals surface area contributed by atoms with Gasteiger partial charge in [0.2, 0.25) is 5.91 Å². The Labute approximate surface area is 226 Å². The summed E-state index contributed by atoms with van der Waals surface area (Å²) in [6.07, 6.45) is -0.161. The summed E-state index contributed by atoms with van der Waals surface area (Å²) >= 11 is 0. The van der Waals surface area contributed by atoms with E-state index in [0.717, 1.165) is 71.5 Å². The van der Waals surface area contributed by atoms with Crippen LogP contribution in [0.2, 0.25) is 0 Å². The lowest BCUT2D eigenvalue weighted by Crippen LogP contribution is -2.60. The normalized spacial score (nSPS) is 19.1. The van der Waals surface area contributed by atoms with Crippen molar-refractivity contribution in [3.63, 3.8) is 0 Å². The smallest absolute Gasteiger partial charge is 0.231 e. The van der Waals surface area contributed by atoms with Crippen LogP contribution < -0.4 is 15.3 Å². The Balaban J connectivity index is 1.78. The number of ether oxygens (including phenoxy) is 1. The Morgan fingerprint density at radius 1 is 1.03 bits per heavy atom. The van der Waals surface area contributed by atoms with Gasteiger partial charge in [0.25, 0.3) is 0 Å². The molecule has 2 aliphatic rings. The standard InChI is InChI=1S/C30H41N5O3/c1-19(2)24-10-8-21(4)27(16-24)38-35-29(26-17-25(37-7)11-9-20(26)3)32-23(6)22(5)30(35)34-14-12-33(13-15-34)18-28(31)36/h8-11,16-17,19,30H,12-15,18H2,1-7H3,(H2,31,36). The van der Waals surface area contributed by atoms with Gasteiger partial charge in [-0.25, -0.2) is 4.99 Å². The maximum atomic E-state index is 11.5. The first kappa shape index (κ1) is 27.7. The van der Waals surface area contributed by atoms with Crippen LogP contribution in [0.25, 0.3) is 0 Å². The van der Waals surface area contributed by atoms with Gasteiger partial charge in [-0.3, -0.25) is 14.6 Å². The Morgan fingerprint density at radius 3 is 2.34 bits per heavy atom. The topological polar surface area (TPSA) is 83.6 Å². The van der Waals surface area contributed by atoms with Crippen LogP contribution in [-0.2, 0) is 4.79 Å². The van der Waals surface area contributed by atoms with Crippen molar-refractivity contribution in [2.45, 2.75) is 53.6 Å². The second kappa shape index (κ2) is 11.6. The van der Waals surface area contributed by atoms with Gasteiger partial charge < -0.3 is 15.3 Å². The van der Waals surface area contributed by atoms with Crippen molar-refractivity contribution in [3.05, 3.63) is 69.9 Å². The number of allylic oxidation sites excluding steroid dienone is 1. The molecule has 1 amide bonds. The fourth-order valence-electron chi connectivity index (χ4n) is 5.00. The van der Waals surface area contributed by atoms with Crippen molar-refractivity contribution in [1.82, 2.24) is 14.9 Å². The third-order valence-corrected chi connectivity index (χ3v) is 7.56. The first-order chi connectivity index (χ1) is 18.1. The Hall–Kier alpha value is -3.36. The highest BCUT2D eigenvalue weighted by Crippen LogP contribution is 2.33. The van der Waals surface area contributed by atoms with Crippen LogP contribution in [0.5, 0.6) is 11.5 Å². The zero-order valence-corrected chi connectivity index (χ0v) is 23.7. The van der Waals surface area contributed by atoms with Gasteiger partial charge in [-0.1, -0.05) is 32.0 Å². The van der Waals surface area contributed by atoms with Crippen LogP contribution >= 0.6 is 0 Å². The predicted octanol–water partition coefficient (Wildman–Crippen LogP) is 4.21. The summed E-state index contributed by atoms with van der Waals surface area (Å²) in [5, 5.41) is 1.97. The number of benzene rings is 2. The number of hydroxylamine groups is 2. The number of carbonyl (C=O) groups is 1. The highest BCUT2D eigenvalue weighted by atomic mass is 16.7. The summed E-state index contributed by atoms with van der Waals surface area (Å²) in [7, 11) is 1.68.